The maximum absolute atomic E-state index is 14.6. The summed E-state index contributed by atoms with van der Waals surface area (Å²) in [6, 6.07) is 3.03. The third-order valence-corrected chi connectivity index (χ3v) is 5.14. The van der Waals surface area contributed by atoms with Gasteiger partial charge in [0.15, 0.2) is 5.82 Å². The van der Waals surface area contributed by atoms with Crippen LogP contribution >= 0.6 is 11.3 Å². The number of nitrogen functional groups attached to an aromatic ring is 1. The van der Waals surface area contributed by atoms with Crippen molar-refractivity contribution in [3.63, 3.8) is 0 Å². The Kier molecular flexibility index (Phi) is 4.99. The van der Waals surface area contributed by atoms with Gasteiger partial charge in [-0.15, -0.1) is 10.2 Å². The van der Waals surface area contributed by atoms with Crippen LogP contribution in [-0.2, 0) is 6.54 Å². The molecule has 146 valence electrons. The third kappa shape index (κ3) is 4.14. The Morgan fingerprint density at radius 2 is 2.14 bits per heavy atom. The number of nitrogens with zero attached hydrogens (tertiary/aromatic N) is 5. The van der Waals surface area contributed by atoms with Gasteiger partial charge < -0.3 is 15.8 Å². The third-order valence-electron chi connectivity index (χ3n) is 4.30. The molecule has 0 amide bonds. The average Bonchev–Trinajstić information content (AvgIpc) is 3.33. The number of anilines is 2. The molecular weight excluding hydrogens is 388 g/mol. The number of halogens is 2. The highest BCUT2D eigenvalue weighted by molar-refractivity contribution is 7.11. The summed E-state index contributed by atoms with van der Waals surface area (Å²) in [4.78, 5) is 11.8. The van der Waals surface area contributed by atoms with Crippen LogP contribution in [0, 0.1) is 24.5 Å². The van der Waals surface area contributed by atoms with Gasteiger partial charge in [-0.25, -0.2) is 4.39 Å². The molecule has 1 aliphatic rings. The summed E-state index contributed by atoms with van der Waals surface area (Å²) in [7, 11) is 0. The summed E-state index contributed by atoms with van der Waals surface area (Å²) in [5.74, 6) is -1.12. The van der Waals surface area contributed by atoms with Crippen LogP contribution in [0.2, 0.25) is 0 Å². The van der Waals surface area contributed by atoms with E-state index >= 15 is 0 Å². The first-order valence-electron chi connectivity index (χ1n) is 8.59. The topological polar surface area (TPSA) is 112 Å². The molecule has 2 atom stereocenters. The number of rotatable bonds is 7. The summed E-state index contributed by atoms with van der Waals surface area (Å²) in [6.07, 6.45) is 2.02. The lowest BCUT2D eigenvalue weighted by Crippen LogP contribution is -2.11. The quantitative estimate of drug-likeness (QED) is 0.617. The van der Waals surface area contributed by atoms with E-state index in [0.717, 1.165) is 17.1 Å². The Balaban J connectivity index is 1.38. The Hall–Kier alpha value is -2.95. The fourth-order valence-electron chi connectivity index (χ4n) is 2.81. The SMILES string of the molecule is Cc1nnc(CNc2nc(N)nc(OC[C@H]3C[C@@H]3c3ccc(F)cn3)c2F)s1. The van der Waals surface area contributed by atoms with Crippen LogP contribution in [0.15, 0.2) is 18.3 Å². The lowest BCUT2D eigenvalue weighted by molar-refractivity contribution is 0.271. The number of pyridine rings is 1. The van der Waals surface area contributed by atoms with Crippen LogP contribution in [0.5, 0.6) is 5.88 Å². The van der Waals surface area contributed by atoms with E-state index in [0.29, 0.717) is 5.01 Å². The molecule has 0 spiro atoms. The van der Waals surface area contributed by atoms with E-state index in [9.17, 15) is 8.78 Å². The highest BCUT2D eigenvalue weighted by Crippen LogP contribution is 2.46. The smallest absolute Gasteiger partial charge is 0.257 e. The molecule has 3 aromatic rings. The van der Waals surface area contributed by atoms with Gasteiger partial charge in [0.1, 0.15) is 15.8 Å². The summed E-state index contributed by atoms with van der Waals surface area (Å²) < 4.78 is 33.1. The summed E-state index contributed by atoms with van der Waals surface area (Å²) in [5.41, 5.74) is 6.47. The number of hydrogen-bond acceptors (Lipinski definition) is 9. The molecule has 3 aromatic heterocycles. The van der Waals surface area contributed by atoms with Gasteiger partial charge in [-0.2, -0.15) is 14.4 Å². The predicted molar refractivity (Wildman–Crippen MR) is 98.9 cm³/mol. The lowest BCUT2D eigenvalue weighted by Gasteiger charge is -2.10. The van der Waals surface area contributed by atoms with Crippen molar-refractivity contribution in [3.05, 3.63) is 45.7 Å². The normalized spacial score (nSPS) is 18.1. The first-order valence-corrected chi connectivity index (χ1v) is 9.41. The molecule has 4 rings (SSSR count). The van der Waals surface area contributed by atoms with Crippen molar-refractivity contribution in [2.45, 2.75) is 25.8 Å². The van der Waals surface area contributed by atoms with Gasteiger partial charge >= 0.3 is 0 Å². The van der Waals surface area contributed by atoms with E-state index in [4.69, 9.17) is 10.5 Å². The Labute approximate surface area is 163 Å². The van der Waals surface area contributed by atoms with E-state index in [1.54, 1.807) is 6.07 Å². The summed E-state index contributed by atoms with van der Waals surface area (Å²) in [6.45, 7) is 2.36. The van der Waals surface area contributed by atoms with Gasteiger partial charge in [0, 0.05) is 17.5 Å². The highest BCUT2D eigenvalue weighted by Gasteiger charge is 2.40. The molecule has 0 unspecified atom stereocenters. The van der Waals surface area contributed by atoms with Gasteiger partial charge in [0.25, 0.3) is 5.88 Å². The Bertz CT molecular complexity index is 982. The van der Waals surface area contributed by atoms with Gasteiger partial charge in [-0.05, 0) is 25.5 Å². The number of hydrogen-bond donors (Lipinski definition) is 2. The van der Waals surface area contributed by atoms with Gasteiger partial charge in [-0.1, -0.05) is 11.3 Å². The van der Waals surface area contributed by atoms with Crippen LogP contribution in [0.4, 0.5) is 20.5 Å². The molecule has 0 bridgehead atoms. The van der Waals surface area contributed by atoms with Crippen molar-refractivity contribution < 1.29 is 13.5 Å². The first-order chi connectivity index (χ1) is 13.5. The minimum atomic E-state index is -0.715. The Morgan fingerprint density at radius 3 is 2.86 bits per heavy atom. The molecule has 8 nitrogen and oxygen atoms in total. The number of ether oxygens (including phenoxy) is 1. The van der Waals surface area contributed by atoms with Crippen LogP contribution in [-0.4, -0.2) is 31.8 Å². The van der Waals surface area contributed by atoms with Crippen molar-refractivity contribution in [1.82, 2.24) is 25.1 Å². The fraction of sp³-hybridized carbons (Fsp3) is 0.353. The van der Waals surface area contributed by atoms with Crippen LogP contribution in [0.3, 0.4) is 0 Å². The summed E-state index contributed by atoms with van der Waals surface area (Å²) >= 11 is 1.40. The van der Waals surface area contributed by atoms with Crippen molar-refractivity contribution in [2.75, 3.05) is 17.7 Å². The fourth-order valence-corrected chi connectivity index (χ4v) is 3.46. The van der Waals surface area contributed by atoms with Crippen molar-refractivity contribution in [2.24, 2.45) is 5.92 Å². The zero-order valence-electron chi connectivity index (χ0n) is 14.9. The monoisotopic (exact) mass is 405 g/mol. The number of nitrogens with one attached hydrogen (secondary N) is 1. The van der Waals surface area contributed by atoms with Crippen molar-refractivity contribution in [3.8, 4) is 5.88 Å². The van der Waals surface area contributed by atoms with Crippen molar-refractivity contribution in [1.29, 1.82) is 0 Å². The molecule has 3 heterocycles. The second kappa shape index (κ2) is 7.58. The van der Waals surface area contributed by atoms with Crippen LogP contribution in [0.1, 0.15) is 28.0 Å². The molecule has 1 saturated carbocycles. The van der Waals surface area contributed by atoms with E-state index in [2.05, 4.69) is 30.5 Å². The maximum atomic E-state index is 14.6. The molecule has 28 heavy (non-hydrogen) atoms. The zero-order chi connectivity index (χ0) is 19.7. The molecule has 0 saturated heterocycles. The molecule has 3 N–H and O–H groups in total. The van der Waals surface area contributed by atoms with Crippen molar-refractivity contribution >= 4 is 23.1 Å². The molecule has 1 aliphatic carbocycles. The van der Waals surface area contributed by atoms with Gasteiger partial charge in [0.2, 0.25) is 11.8 Å². The van der Waals surface area contributed by atoms with E-state index in [1.807, 2.05) is 6.92 Å². The van der Waals surface area contributed by atoms with E-state index < -0.39 is 5.82 Å². The first kappa shape index (κ1) is 18.4. The minimum Gasteiger partial charge on any atom is -0.475 e. The lowest BCUT2D eigenvalue weighted by atomic mass is 10.2. The van der Waals surface area contributed by atoms with Gasteiger partial charge in [0.05, 0.1) is 19.3 Å². The second-order valence-electron chi connectivity index (χ2n) is 6.43. The number of nitrogens with two attached hydrogens (primary N) is 1. The maximum Gasteiger partial charge on any atom is 0.257 e. The molecule has 0 aromatic carbocycles. The molecule has 0 radical (unpaired) electrons. The number of aryl methyl sites for hydroxylation is 1. The average molecular weight is 405 g/mol. The van der Waals surface area contributed by atoms with E-state index in [-0.39, 0.29) is 48.5 Å². The molecule has 11 heteroatoms. The largest absolute Gasteiger partial charge is 0.475 e. The standard InChI is InChI=1S/C17H17F2N7OS/c1-8-25-26-13(28-8)6-22-15-14(19)16(24-17(20)23-15)27-7-9-4-11(9)12-3-2-10(18)5-21-12/h2-3,5,9,11H,4,6-7H2,1H3,(H3,20,22,23,24)/t9-,11+/m1/s1. The number of aromatic nitrogens is 5. The molecule has 1 fully saturated rings. The van der Waals surface area contributed by atoms with Gasteiger partial charge in [-0.3, -0.25) is 4.98 Å². The Morgan fingerprint density at radius 1 is 1.29 bits per heavy atom. The minimum absolute atomic E-state index is 0.0529. The van der Waals surface area contributed by atoms with Crippen LogP contribution < -0.4 is 15.8 Å². The van der Waals surface area contributed by atoms with Crippen LogP contribution in [0.25, 0.3) is 0 Å². The van der Waals surface area contributed by atoms with E-state index in [1.165, 1.54) is 23.6 Å². The predicted octanol–water partition coefficient (Wildman–Crippen LogP) is 2.69. The molecular formula is C17H17F2N7OS. The summed E-state index contributed by atoms with van der Waals surface area (Å²) in [5, 5.41) is 12.2. The second-order valence-corrected chi connectivity index (χ2v) is 7.70. The zero-order valence-corrected chi connectivity index (χ0v) is 15.7. The highest BCUT2D eigenvalue weighted by atomic mass is 32.1. The molecule has 0 aliphatic heterocycles.